The quantitative estimate of drug-likeness (QED) is 0.698. The molecule has 3 N–H and O–H groups in total. The molecule has 0 radical (unpaired) electrons. The molecule has 0 unspecified atom stereocenters. The van der Waals surface area contributed by atoms with Crippen LogP contribution >= 0.6 is 11.6 Å². The van der Waals surface area contributed by atoms with Crippen LogP contribution in [0.3, 0.4) is 0 Å². The van der Waals surface area contributed by atoms with Crippen molar-refractivity contribution in [3.63, 3.8) is 0 Å². The predicted octanol–water partition coefficient (Wildman–Crippen LogP) is 2.64. The van der Waals surface area contributed by atoms with Crippen LogP contribution in [0.25, 0.3) is 0 Å². The van der Waals surface area contributed by atoms with E-state index >= 15 is 0 Å². The number of carbonyl (C=O) groups excluding carboxylic acids is 1. The Labute approximate surface area is 162 Å². The summed E-state index contributed by atoms with van der Waals surface area (Å²) in [5.74, 6) is -0.404. The van der Waals surface area contributed by atoms with E-state index in [1.165, 1.54) is 24.4 Å². The SMILES string of the molecule is CS(=O)(=O)Nc1cc(Cl)cc(NC(=O)c2cnn([C@@H]3CCCC[C@@H]3O)c2)c1. The van der Waals surface area contributed by atoms with Gasteiger partial charge in [-0.3, -0.25) is 14.2 Å². The monoisotopic (exact) mass is 412 g/mol. The summed E-state index contributed by atoms with van der Waals surface area (Å²) in [5.41, 5.74) is 0.941. The van der Waals surface area contributed by atoms with E-state index < -0.39 is 22.0 Å². The lowest BCUT2D eigenvalue weighted by Gasteiger charge is -2.27. The fraction of sp³-hybridized carbons (Fsp3) is 0.412. The summed E-state index contributed by atoms with van der Waals surface area (Å²) >= 11 is 6.00. The first-order chi connectivity index (χ1) is 12.7. The van der Waals surface area contributed by atoms with Crippen LogP contribution in [0, 0.1) is 0 Å². The standard InChI is InChI=1S/C17H21ClN4O4S/c1-27(25,26)21-14-7-12(18)6-13(8-14)20-17(24)11-9-19-22(10-11)15-4-2-3-5-16(15)23/h6-10,15-16,21,23H,2-5H2,1H3,(H,20,24)/t15-,16+/m1/s1. The Morgan fingerprint density at radius 1 is 1.26 bits per heavy atom. The molecule has 27 heavy (non-hydrogen) atoms. The maximum Gasteiger partial charge on any atom is 0.258 e. The maximum absolute atomic E-state index is 12.5. The van der Waals surface area contributed by atoms with Crippen LogP contribution < -0.4 is 10.0 Å². The smallest absolute Gasteiger partial charge is 0.258 e. The number of anilines is 2. The zero-order chi connectivity index (χ0) is 19.6. The van der Waals surface area contributed by atoms with Crippen LogP contribution in [-0.2, 0) is 10.0 Å². The van der Waals surface area contributed by atoms with Gasteiger partial charge < -0.3 is 10.4 Å². The number of aliphatic hydroxyl groups excluding tert-OH is 1. The topological polar surface area (TPSA) is 113 Å². The molecule has 146 valence electrons. The van der Waals surface area contributed by atoms with Crippen molar-refractivity contribution >= 4 is 38.9 Å². The first-order valence-electron chi connectivity index (χ1n) is 8.53. The molecule has 1 fully saturated rings. The van der Waals surface area contributed by atoms with Gasteiger partial charge in [-0.05, 0) is 31.0 Å². The third-order valence-electron chi connectivity index (χ3n) is 4.36. The molecule has 0 bridgehead atoms. The summed E-state index contributed by atoms with van der Waals surface area (Å²) < 4.78 is 26.7. The third-order valence-corrected chi connectivity index (χ3v) is 5.18. The lowest BCUT2D eigenvalue weighted by Crippen LogP contribution is -2.27. The number of aliphatic hydroxyl groups is 1. The average Bonchev–Trinajstić information content (AvgIpc) is 3.03. The third kappa shape index (κ3) is 5.21. The Hall–Kier alpha value is -2.10. The molecule has 1 saturated carbocycles. The van der Waals surface area contributed by atoms with E-state index in [-0.39, 0.29) is 16.8 Å². The number of aromatic nitrogens is 2. The molecule has 0 spiro atoms. The van der Waals surface area contributed by atoms with Crippen LogP contribution in [0.2, 0.25) is 5.02 Å². The van der Waals surface area contributed by atoms with Crippen LogP contribution in [0.5, 0.6) is 0 Å². The molecule has 0 saturated heterocycles. The molecule has 1 heterocycles. The number of benzene rings is 1. The van der Waals surface area contributed by atoms with E-state index in [0.717, 1.165) is 31.9 Å². The number of carbonyl (C=O) groups is 1. The van der Waals surface area contributed by atoms with Crippen molar-refractivity contribution in [2.45, 2.75) is 37.8 Å². The van der Waals surface area contributed by atoms with Gasteiger partial charge in [-0.2, -0.15) is 5.10 Å². The number of hydrogen-bond donors (Lipinski definition) is 3. The Kier molecular flexibility index (Phi) is 5.73. The van der Waals surface area contributed by atoms with E-state index in [1.54, 1.807) is 10.9 Å². The predicted molar refractivity (Wildman–Crippen MR) is 104 cm³/mol. The Bertz CT molecular complexity index is 944. The van der Waals surface area contributed by atoms with E-state index in [2.05, 4.69) is 15.1 Å². The Morgan fingerprint density at radius 2 is 1.96 bits per heavy atom. The summed E-state index contributed by atoms with van der Waals surface area (Å²) in [6.45, 7) is 0. The van der Waals surface area contributed by atoms with Crippen molar-refractivity contribution in [1.82, 2.24) is 9.78 Å². The van der Waals surface area contributed by atoms with Gasteiger partial charge in [-0.15, -0.1) is 0 Å². The minimum Gasteiger partial charge on any atom is -0.391 e. The van der Waals surface area contributed by atoms with Gasteiger partial charge in [0.2, 0.25) is 10.0 Å². The summed E-state index contributed by atoms with van der Waals surface area (Å²) in [7, 11) is -3.46. The molecule has 1 aliphatic carbocycles. The van der Waals surface area contributed by atoms with E-state index in [1.807, 2.05) is 0 Å². The Morgan fingerprint density at radius 3 is 2.67 bits per heavy atom. The zero-order valence-corrected chi connectivity index (χ0v) is 16.3. The molecule has 1 aromatic carbocycles. The van der Waals surface area contributed by atoms with Gasteiger partial charge in [0, 0.05) is 16.9 Å². The van der Waals surface area contributed by atoms with Crippen molar-refractivity contribution in [2.24, 2.45) is 0 Å². The van der Waals surface area contributed by atoms with Crippen molar-refractivity contribution in [2.75, 3.05) is 16.3 Å². The fourth-order valence-corrected chi connectivity index (χ4v) is 3.96. The molecule has 10 heteroatoms. The molecular formula is C17H21ClN4O4S. The molecular weight excluding hydrogens is 392 g/mol. The normalized spacial score (nSPS) is 20.3. The Balaban J connectivity index is 1.74. The number of nitrogens with one attached hydrogen (secondary N) is 2. The van der Waals surface area contributed by atoms with Crippen molar-refractivity contribution < 1.29 is 18.3 Å². The molecule has 2 aromatic rings. The van der Waals surface area contributed by atoms with Crippen LogP contribution in [0.4, 0.5) is 11.4 Å². The average molecular weight is 413 g/mol. The van der Waals surface area contributed by atoms with Crippen LogP contribution in [-0.4, -0.2) is 41.6 Å². The van der Waals surface area contributed by atoms with Crippen molar-refractivity contribution in [3.8, 4) is 0 Å². The minimum absolute atomic E-state index is 0.128. The fourth-order valence-electron chi connectivity index (χ4n) is 3.18. The number of halogens is 1. The zero-order valence-electron chi connectivity index (χ0n) is 14.7. The molecule has 8 nitrogen and oxygen atoms in total. The first kappa shape index (κ1) is 19.7. The number of hydrogen-bond acceptors (Lipinski definition) is 5. The summed E-state index contributed by atoms with van der Waals surface area (Å²) in [6.07, 6.45) is 7.16. The van der Waals surface area contributed by atoms with E-state index in [4.69, 9.17) is 11.6 Å². The lowest BCUT2D eigenvalue weighted by atomic mass is 9.93. The molecule has 2 atom stereocenters. The number of rotatable bonds is 5. The van der Waals surface area contributed by atoms with Crippen LogP contribution in [0.1, 0.15) is 42.1 Å². The molecule has 1 aliphatic rings. The molecule has 0 aliphatic heterocycles. The largest absolute Gasteiger partial charge is 0.391 e. The highest BCUT2D eigenvalue weighted by Crippen LogP contribution is 2.28. The van der Waals surface area contributed by atoms with Gasteiger partial charge in [0.1, 0.15) is 0 Å². The minimum atomic E-state index is -3.46. The molecule has 1 amide bonds. The lowest BCUT2D eigenvalue weighted by molar-refractivity contribution is 0.0693. The van der Waals surface area contributed by atoms with Gasteiger partial charge in [-0.1, -0.05) is 24.4 Å². The van der Waals surface area contributed by atoms with Gasteiger partial charge in [-0.25, -0.2) is 8.42 Å². The van der Waals surface area contributed by atoms with Crippen molar-refractivity contribution in [1.29, 1.82) is 0 Å². The number of nitrogens with zero attached hydrogens (tertiary/aromatic N) is 2. The van der Waals surface area contributed by atoms with Gasteiger partial charge in [0.25, 0.3) is 5.91 Å². The first-order valence-corrected chi connectivity index (χ1v) is 10.8. The summed E-state index contributed by atoms with van der Waals surface area (Å²) in [4.78, 5) is 12.5. The summed E-state index contributed by atoms with van der Waals surface area (Å²) in [5, 5.41) is 17.3. The highest BCUT2D eigenvalue weighted by atomic mass is 35.5. The summed E-state index contributed by atoms with van der Waals surface area (Å²) in [6, 6.07) is 4.31. The highest BCUT2D eigenvalue weighted by Gasteiger charge is 2.25. The second-order valence-electron chi connectivity index (χ2n) is 6.69. The van der Waals surface area contributed by atoms with E-state index in [9.17, 15) is 18.3 Å². The van der Waals surface area contributed by atoms with Gasteiger partial charge in [0.05, 0.1) is 35.8 Å². The molecule has 3 rings (SSSR count). The van der Waals surface area contributed by atoms with Crippen molar-refractivity contribution in [3.05, 3.63) is 41.2 Å². The molecule has 1 aromatic heterocycles. The van der Waals surface area contributed by atoms with Gasteiger partial charge >= 0.3 is 0 Å². The van der Waals surface area contributed by atoms with Gasteiger partial charge in [0.15, 0.2) is 0 Å². The second kappa shape index (κ2) is 7.87. The van der Waals surface area contributed by atoms with Crippen LogP contribution in [0.15, 0.2) is 30.6 Å². The number of sulfonamides is 1. The number of amides is 1. The highest BCUT2D eigenvalue weighted by molar-refractivity contribution is 7.92. The maximum atomic E-state index is 12.5. The second-order valence-corrected chi connectivity index (χ2v) is 8.87. The van der Waals surface area contributed by atoms with E-state index in [0.29, 0.717) is 11.3 Å².